The van der Waals surface area contributed by atoms with Crippen molar-refractivity contribution in [2.75, 3.05) is 19.6 Å². The largest absolute Gasteiger partial charge is 0.341 e. The molecule has 0 radical (unpaired) electrons. The normalized spacial score (nSPS) is 26.8. The summed E-state index contributed by atoms with van der Waals surface area (Å²) in [7, 11) is 0. The number of carbonyl (C=O) groups excluding carboxylic acids is 3. The van der Waals surface area contributed by atoms with E-state index in [0.29, 0.717) is 31.8 Å². The van der Waals surface area contributed by atoms with E-state index in [4.69, 9.17) is 0 Å². The third kappa shape index (κ3) is 3.73. The first kappa shape index (κ1) is 18.7. The van der Waals surface area contributed by atoms with Crippen molar-refractivity contribution in [3.63, 3.8) is 0 Å². The van der Waals surface area contributed by atoms with Crippen LogP contribution >= 0.6 is 0 Å². The molecule has 0 bridgehead atoms. The van der Waals surface area contributed by atoms with Crippen LogP contribution in [-0.4, -0.2) is 52.8 Å². The third-order valence-corrected chi connectivity index (χ3v) is 5.42. The second-order valence-electron chi connectivity index (χ2n) is 7.14. The molecular weight excluding hydrogens is 306 g/mol. The molecule has 0 unspecified atom stereocenters. The molecular formula is C18H31N3O3. The van der Waals surface area contributed by atoms with Crippen LogP contribution in [-0.2, 0) is 9.59 Å². The van der Waals surface area contributed by atoms with E-state index in [-0.39, 0.29) is 18.4 Å². The Bertz CT molecular complexity index is 478. The Morgan fingerprint density at radius 1 is 1.17 bits per heavy atom. The number of nitrogens with one attached hydrogen (secondary N) is 1. The van der Waals surface area contributed by atoms with Gasteiger partial charge in [-0.15, -0.1) is 0 Å². The van der Waals surface area contributed by atoms with Gasteiger partial charge in [0.25, 0.3) is 5.91 Å². The van der Waals surface area contributed by atoms with E-state index in [2.05, 4.69) is 12.2 Å². The molecule has 6 heteroatoms. The lowest BCUT2D eigenvalue weighted by Crippen LogP contribution is -2.50. The Kier molecular flexibility index (Phi) is 6.24. The zero-order valence-electron chi connectivity index (χ0n) is 15.3. The predicted octanol–water partition coefficient (Wildman–Crippen LogP) is 2.53. The fourth-order valence-corrected chi connectivity index (χ4v) is 3.87. The van der Waals surface area contributed by atoms with Gasteiger partial charge in [0.2, 0.25) is 5.91 Å². The fourth-order valence-electron chi connectivity index (χ4n) is 3.87. The zero-order chi connectivity index (χ0) is 17.7. The fraction of sp³-hybridized carbons (Fsp3) is 0.833. The maximum Gasteiger partial charge on any atom is 0.325 e. The minimum atomic E-state index is -0.761. The number of amides is 4. The van der Waals surface area contributed by atoms with Gasteiger partial charge in [0.05, 0.1) is 0 Å². The van der Waals surface area contributed by atoms with Gasteiger partial charge in [-0.1, -0.05) is 27.2 Å². The van der Waals surface area contributed by atoms with E-state index in [1.54, 1.807) is 4.90 Å². The summed E-state index contributed by atoms with van der Waals surface area (Å²) in [6.07, 6.45) is 6.15. The molecule has 0 aromatic heterocycles. The molecule has 1 N–H and O–H groups in total. The van der Waals surface area contributed by atoms with Crippen molar-refractivity contribution in [1.29, 1.82) is 0 Å². The van der Waals surface area contributed by atoms with Crippen molar-refractivity contribution in [3.05, 3.63) is 0 Å². The van der Waals surface area contributed by atoms with Crippen molar-refractivity contribution >= 4 is 17.8 Å². The minimum Gasteiger partial charge on any atom is -0.341 e. The van der Waals surface area contributed by atoms with Crippen LogP contribution in [0.3, 0.4) is 0 Å². The Morgan fingerprint density at radius 3 is 2.25 bits per heavy atom. The smallest absolute Gasteiger partial charge is 0.325 e. The second kappa shape index (κ2) is 7.99. The molecule has 1 spiro atoms. The molecule has 0 atom stereocenters. The summed E-state index contributed by atoms with van der Waals surface area (Å²) in [4.78, 5) is 40.5. The molecule has 1 heterocycles. The summed E-state index contributed by atoms with van der Waals surface area (Å²) >= 11 is 0. The molecule has 0 aromatic rings. The first-order chi connectivity index (χ1) is 11.5. The van der Waals surface area contributed by atoms with Crippen LogP contribution in [0.25, 0.3) is 0 Å². The molecule has 0 aromatic carbocycles. The van der Waals surface area contributed by atoms with Crippen molar-refractivity contribution in [1.82, 2.24) is 15.1 Å². The predicted molar refractivity (Wildman–Crippen MR) is 92.4 cm³/mol. The number of hydrogen-bond acceptors (Lipinski definition) is 3. The maximum atomic E-state index is 12.8. The lowest BCUT2D eigenvalue weighted by atomic mass is 9.75. The van der Waals surface area contributed by atoms with E-state index in [0.717, 1.165) is 37.0 Å². The number of urea groups is 1. The standard InChI is InChI=1S/C18H31N3O3/c1-4-11-20(12-5-2)15(22)13-21-16(23)18(19-17(21)24)9-7-14(6-3)8-10-18/h14H,4-13H2,1-3H3,(H,19,24). The van der Waals surface area contributed by atoms with E-state index < -0.39 is 11.6 Å². The average molecular weight is 337 g/mol. The molecule has 4 amide bonds. The maximum absolute atomic E-state index is 12.8. The highest BCUT2D eigenvalue weighted by Gasteiger charge is 2.52. The van der Waals surface area contributed by atoms with Crippen LogP contribution in [0.4, 0.5) is 4.79 Å². The van der Waals surface area contributed by atoms with E-state index in [9.17, 15) is 14.4 Å². The lowest BCUT2D eigenvalue weighted by molar-refractivity contribution is -0.139. The summed E-state index contributed by atoms with van der Waals surface area (Å²) < 4.78 is 0. The van der Waals surface area contributed by atoms with E-state index >= 15 is 0 Å². The summed E-state index contributed by atoms with van der Waals surface area (Å²) in [5.41, 5.74) is -0.761. The molecule has 1 aliphatic carbocycles. The minimum absolute atomic E-state index is 0.135. The van der Waals surface area contributed by atoms with Gasteiger partial charge in [-0.05, 0) is 44.4 Å². The SMILES string of the molecule is CCCN(CCC)C(=O)CN1C(=O)NC2(CCC(CC)CC2)C1=O. The van der Waals surface area contributed by atoms with Crippen molar-refractivity contribution < 1.29 is 14.4 Å². The van der Waals surface area contributed by atoms with Gasteiger partial charge in [-0.25, -0.2) is 4.79 Å². The van der Waals surface area contributed by atoms with Gasteiger partial charge < -0.3 is 10.2 Å². The Morgan fingerprint density at radius 2 is 1.75 bits per heavy atom. The first-order valence-electron chi connectivity index (χ1n) is 9.39. The lowest BCUT2D eigenvalue weighted by Gasteiger charge is -2.34. The van der Waals surface area contributed by atoms with Crippen LogP contribution in [0.5, 0.6) is 0 Å². The molecule has 1 saturated carbocycles. The highest BCUT2D eigenvalue weighted by molar-refractivity contribution is 6.09. The Hall–Kier alpha value is -1.59. The van der Waals surface area contributed by atoms with Crippen LogP contribution in [0, 0.1) is 5.92 Å². The molecule has 136 valence electrons. The number of imide groups is 1. The van der Waals surface area contributed by atoms with E-state index in [1.807, 2.05) is 13.8 Å². The average Bonchev–Trinajstić information content (AvgIpc) is 2.79. The van der Waals surface area contributed by atoms with Crippen LogP contribution in [0.1, 0.15) is 65.7 Å². The molecule has 1 saturated heterocycles. The number of nitrogens with zero attached hydrogens (tertiary/aromatic N) is 2. The summed E-state index contributed by atoms with van der Waals surface area (Å²) in [5, 5.41) is 2.89. The van der Waals surface area contributed by atoms with Gasteiger partial charge in [0, 0.05) is 13.1 Å². The monoisotopic (exact) mass is 337 g/mol. The van der Waals surface area contributed by atoms with Crippen molar-refractivity contribution in [2.24, 2.45) is 5.92 Å². The zero-order valence-corrected chi connectivity index (χ0v) is 15.3. The molecule has 2 rings (SSSR count). The van der Waals surface area contributed by atoms with Gasteiger partial charge in [0.15, 0.2) is 0 Å². The number of rotatable bonds is 7. The topological polar surface area (TPSA) is 69.7 Å². The molecule has 2 aliphatic rings. The molecule has 1 aliphatic heterocycles. The molecule has 6 nitrogen and oxygen atoms in total. The van der Waals surface area contributed by atoms with E-state index in [1.165, 1.54) is 0 Å². The van der Waals surface area contributed by atoms with Crippen LogP contribution < -0.4 is 5.32 Å². The molecule has 2 fully saturated rings. The van der Waals surface area contributed by atoms with Crippen molar-refractivity contribution in [3.8, 4) is 0 Å². The summed E-state index contributed by atoms with van der Waals surface area (Å²) in [6.45, 7) is 7.40. The highest BCUT2D eigenvalue weighted by Crippen LogP contribution is 2.37. The van der Waals surface area contributed by atoms with Crippen LogP contribution in [0.15, 0.2) is 0 Å². The third-order valence-electron chi connectivity index (χ3n) is 5.42. The second-order valence-corrected chi connectivity index (χ2v) is 7.14. The van der Waals surface area contributed by atoms with Gasteiger partial charge >= 0.3 is 6.03 Å². The van der Waals surface area contributed by atoms with Gasteiger partial charge in [-0.2, -0.15) is 0 Å². The van der Waals surface area contributed by atoms with Gasteiger partial charge in [-0.3, -0.25) is 14.5 Å². The molecule has 24 heavy (non-hydrogen) atoms. The van der Waals surface area contributed by atoms with Gasteiger partial charge in [0.1, 0.15) is 12.1 Å². The Labute approximate surface area is 144 Å². The van der Waals surface area contributed by atoms with Crippen LogP contribution in [0.2, 0.25) is 0 Å². The Balaban J connectivity index is 2.02. The number of carbonyl (C=O) groups is 3. The quantitative estimate of drug-likeness (QED) is 0.726. The number of hydrogen-bond donors (Lipinski definition) is 1. The first-order valence-corrected chi connectivity index (χ1v) is 9.39. The van der Waals surface area contributed by atoms with Crippen molar-refractivity contribution in [2.45, 2.75) is 71.3 Å². The summed E-state index contributed by atoms with van der Waals surface area (Å²) in [5.74, 6) is 0.297. The summed E-state index contributed by atoms with van der Waals surface area (Å²) in [6, 6.07) is -0.406. The highest BCUT2D eigenvalue weighted by atomic mass is 16.2.